The highest BCUT2D eigenvalue weighted by molar-refractivity contribution is 7.07. The van der Waals surface area contributed by atoms with Crippen molar-refractivity contribution in [1.29, 1.82) is 0 Å². The summed E-state index contributed by atoms with van der Waals surface area (Å²) in [5.41, 5.74) is 3.99. The zero-order valence-corrected chi connectivity index (χ0v) is 10.2. The molecule has 3 heterocycles. The normalized spacial score (nSPS) is 16.3. The fourth-order valence-electron chi connectivity index (χ4n) is 2.27. The minimum atomic E-state index is 1.01. The zero-order valence-electron chi connectivity index (χ0n) is 9.36. The summed E-state index contributed by atoms with van der Waals surface area (Å²) >= 11 is 1.77. The second-order valence-electron chi connectivity index (χ2n) is 4.34. The first-order valence-electron chi connectivity index (χ1n) is 5.59. The minimum Gasteiger partial charge on any atom is -0.345 e. The second kappa shape index (κ2) is 4.03. The number of H-pyrrole nitrogens is 1. The third-order valence-corrected chi connectivity index (χ3v) is 3.75. The van der Waals surface area contributed by atoms with Crippen LogP contribution in [-0.2, 0) is 19.5 Å². The molecule has 16 heavy (non-hydrogen) atoms. The molecule has 0 amide bonds. The topological polar surface area (TPSA) is 31.9 Å². The largest absolute Gasteiger partial charge is 0.345 e. The Hall–Kier alpha value is -1.13. The summed E-state index contributed by atoms with van der Waals surface area (Å²) in [7, 11) is 0. The fourth-order valence-corrected chi connectivity index (χ4v) is 2.93. The van der Waals surface area contributed by atoms with E-state index in [-0.39, 0.29) is 0 Å². The highest BCUT2D eigenvalue weighted by Gasteiger charge is 2.19. The molecule has 1 aliphatic heterocycles. The minimum absolute atomic E-state index is 1.01. The molecular formula is C12H15N3S. The van der Waals surface area contributed by atoms with E-state index in [4.69, 9.17) is 0 Å². The van der Waals surface area contributed by atoms with Gasteiger partial charge in [-0.1, -0.05) is 0 Å². The SMILES string of the molecule is Cc1nc2c([nH]1)CN(Cc1ccsc1)CC2. The molecule has 0 aromatic carbocycles. The summed E-state index contributed by atoms with van der Waals surface area (Å²) in [5, 5.41) is 4.37. The number of imidazole rings is 1. The van der Waals surface area contributed by atoms with Gasteiger partial charge in [-0.15, -0.1) is 0 Å². The molecule has 0 saturated carbocycles. The number of aromatic amines is 1. The first kappa shape index (κ1) is 10.1. The molecule has 0 atom stereocenters. The Morgan fingerprint density at radius 3 is 3.31 bits per heavy atom. The van der Waals surface area contributed by atoms with Gasteiger partial charge in [0.05, 0.1) is 11.4 Å². The molecule has 3 nitrogen and oxygen atoms in total. The monoisotopic (exact) mass is 233 g/mol. The van der Waals surface area contributed by atoms with Crippen LogP contribution in [0, 0.1) is 6.92 Å². The summed E-state index contributed by atoms with van der Waals surface area (Å²) in [6, 6.07) is 2.21. The molecule has 2 aromatic rings. The van der Waals surface area contributed by atoms with Crippen LogP contribution in [-0.4, -0.2) is 21.4 Å². The third-order valence-electron chi connectivity index (χ3n) is 3.02. The molecule has 1 aliphatic rings. The Morgan fingerprint density at radius 1 is 1.56 bits per heavy atom. The van der Waals surface area contributed by atoms with Gasteiger partial charge in [0.2, 0.25) is 0 Å². The van der Waals surface area contributed by atoms with Crippen molar-refractivity contribution in [1.82, 2.24) is 14.9 Å². The van der Waals surface area contributed by atoms with Gasteiger partial charge in [-0.3, -0.25) is 4.90 Å². The zero-order chi connectivity index (χ0) is 11.0. The quantitative estimate of drug-likeness (QED) is 0.863. The first-order valence-corrected chi connectivity index (χ1v) is 6.53. The predicted octanol–water partition coefficient (Wildman–Crippen LogP) is 2.34. The lowest BCUT2D eigenvalue weighted by atomic mass is 10.1. The van der Waals surface area contributed by atoms with Gasteiger partial charge < -0.3 is 4.98 Å². The Labute approximate surface area is 99.1 Å². The van der Waals surface area contributed by atoms with Crippen molar-refractivity contribution in [2.75, 3.05) is 6.54 Å². The maximum absolute atomic E-state index is 4.50. The number of rotatable bonds is 2. The van der Waals surface area contributed by atoms with Crippen molar-refractivity contribution < 1.29 is 0 Å². The number of nitrogens with one attached hydrogen (secondary N) is 1. The van der Waals surface area contributed by atoms with Gasteiger partial charge in [-0.2, -0.15) is 11.3 Å². The van der Waals surface area contributed by atoms with Crippen LogP contribution in [0.3, 0.4) is 0 Å². The van der Waals surface area contributed by atoms with Crippen LogP contribution in [0.2, 0.25) is 0 Å². The van der Waals surface area contributed by atoms with E-state index in [1.807, 2.05) is 6.92 Å². The third kappa shape index (κ3) is 1.90. The van der Waals surface area contributed by atoms with Gasteiger partial charge in [0.25, 0.3) is 0 Å². The van der Waals surface area contributed by atoms with Crippen molar-refractivity contribution >= 4 is 11.3 Å². The van der Waals surface area contributed by atoms with Gasteiger partial charge in [0, 0.05) is 26.1 Å². The Balaban J connectivity index is 1.73. The standard InChI is InChI=1S/C12H15N3S/c1-9-13-11-2-4-15(7-12(11)14-9)6-10-3-5-16-8-10/h3,5,8H,2,4,6-7H2,1H3,(H,13,14). The summed E-state index contributed by atoms with van der Waals surface area (Å²) in [4.78, 5) is 10.3. The summed E-state index contributed by atoms with van der Waals surface area (Å²) in [6.45, 7) is 5.21. The van der Waals surface area contributed by atoms with E-state index < -0.39 is 0 Å². The van der Waals surface area contributed by atoms with Crippen molar-refractivity contribution in [3.63, 3.8) is 0 Å². The van der Waals surface area contributed by atoms with E-state index >= 15 is 0 Å². The van der Waals surface area contributed by atoms with Crippen LogP contribution in [0.5, 0.6) is 0 Å². The maximum Gasteiger partial charge on any atom is 0.103 e. The maximum atomic E-state index is 4.50. The number of hydrogen-bond acceptors (Lipinski definition) is 3. The summed E-state index contributed by atoms with van der Waals surface area (Å²) in [5.74, 6) is 1.04. The molecule has 0 fully saturated rings. The summed E-state index contributed by atoms with van der Waals surface area (Å²) in [6.07, 6.45) is 1.07. The molecule has 3 rings (SSSR count). The molecule has 0 aliphatic carbocycles. The molecular weight excluding hydrogens is 218 g/mol. The molecule has 0 spiro atoms. The highest BCUT2D eigenvalue weighted by atomic mass is 32.1. The van der Waals surface area contributed by atoms with Crippen molar-refractivity contribution in [2.45, 2.75) is 26.4 Å². The van der Waals surface area contributed by atoms with E-state index in [1.165, 1.54) is 17.0 Å². The van der Waals surface area contributed by atoms with E-state index in [0.29, 0.717) is 0 Å². The number of aromatic nitrogens is 2. The highest BCUT2D eigenvalue weighted by Crippen LogP contribution is 2.19. The van der Waals surface area contributed by atoms with Crippen LogP contribution in [0.15, 0.2) is 16.8 Å². The smallest absolute Gasteiger partial charge is 0.103 e. The van der Waals surface area contributed by atoms with Crippen molar-refractivity contribution in [3.05, 3.63) is 39.6 Å². The molecule has 0 saturated heterocycles. The number of thiophene rings is 1. The Kier molecular flexibility index (Phi) is 2.53. The lowest BCUT2D eigenvalue weighted by Crippen LogP contribution is -2.29. The van der Waals surface area contributed by atoms with Crippen LogP contribution >= 0.6 is 11.3 Å². The average molecular weight is 233 g/mol. The molecule has 0 unspecified atom stereocenters. The Morgan fingerprint density at radius 2 is 2.50 bits per heavy atom. The molecule has 84 valence electrons. The lowest BCUT2D eigenvalue weighted by Gasteiger charge is -2.25. The number of fused-ring (bicyclic) bond motifs is 1. The van der Waals surface area contributed by atoms with Crippen LogP contribution in [0.4, 0.5) is 0 Å². The van der Waals surface area contributed by atoms with E-state index in [9.17, 15) is 0 Å². The Bertz CT molecular complexity index is 472. The van der Waals surface area contributed by atoms with Gasteiger partial charge in [-0.25, -0.2) is 4.98 Å². The van der Waals surface area contributed by atoms with Crippen molar-refractivity contribution in [2.24, 2.45) is 0 Å². The summed E-state index contributed by atoms with van der Waals surface area (Å²) < 4.78 is 0. The van der Waals surface area contributed by atoms with Gasteiger partial charge in [0.1, 0.15) is 5.82 Å². The second-order valence-corrected chi connectivity index (χ2v) is 5.12. The molecule has 4 heteroatoms. The van der Waals surface area contributed by atoms with Crippen LogP contribution in [0.25, 0.3) is 0 Å². The average Bonchev–Trinajstić information content (AvgIpc) is 2.85. The first-order chi connectivity index (χ1) is 7.81. The van der Waals surface area contributed by atoms with Crippen LogP contribution in [0.1, 0.15) is 22.8 Å². The van der Waals surface area contributed by atoms with E-state index in [0.717, 1.165) is 31.9 Å². The molecule has 2 aromatic heterocycles. The van der Waals surface area contributed by atoms with Gasteiger partial charge in [-0.05, 0) is 29.3 Å². The molecule has 0 radical (unpaired) electrons. The lowest BCUT2D eigenvalue weighted by molar-refractivity contribution is 0.242. The number of hydrogen-bond donors (Lipinski definition) is 1. The predicted molar refractivity (Wildman–Crippen MR) is 65.5 cm³/mol. The van der Waals surface area contributed by atoms with Gasteiger partial charge >= 0.3 is 0 Å². The van der Waals surface area contributed by atoms with E-state index in [1.54, 1.807) is 11.3 Å². The number of aryl methyl sites for hydroxylation is 1. The van der Waals surface area contributed by atoms with Crippen LogP contribution < -0.4 is 0 Å². The molecule has 1 N–H and O–H groups in total. The fraction of sp³-hybridized carbons (Fsp3) is 0.417. The molecule has 0 bridgehead atoms. The van der Waals surface area contributed by atoms with Gasteiger partial charge in [0.15, 0.2) is 0 Å². The number of nitrogens with zero attached hydrogens (tertiary/aromatic N) is 2. The van der Waals surface area contributed by atoms with Crippen molar-refractivity contribution in [3.8, 4) is 0 Å². The van der Waals surface area contributed by atoms with E-state index in [2.05, 4.69) is 31.7 Å².